The molecule has 2 fully saturated rings. The van der Waals surface area contributed by atoms with Crippen molar-refractivity contribution < 1.29 is 14.6 Å². The van der Waals surface area contributed by atoms with E-state index in [2.05, 4.69) is 0 Å². The molecule has 1 N–H and O–H groups in total. The van der Waals surface area contributed by atoms with Gasteiger partial charge in [-0.15, -0.1) is 0 Å². The minimum Gasteiger partial charge on any atom is -0.444 e. The number of hydrogen-bond donors (Lipinski definition) is 1. The van der Waals surface area contributed by atoms with Crippen LogP contribution in [0.5, 0.6) is 0 Å². The van der Waals surface area contributed by atoms with Gasteiger partial charge in [-0.25, -0.2) is 4.79 Å². The maximum Gasteiger partial charge on any atom is 0.410 e. The predicted molar refractivity (Wildman–Crippen MR) is 64.6 cm³/mol. The third-order valence-corrected chi connectivity index (χ3v) is 3.71. The first kappa shape index (κ1) is 12.7. The largest absolute Gasteiger partial charge is 0.444 e. The lowest BCUT2D eigenvalue weighted by Crippen LogP contribution is -2.36. The number of carbonyl (C=O) groups excluding carboxylic acids is 1. The number of ether oxygens (including phenoxy) is 1. The van der Waals surface area contributed by atoms with E-state index in [1.165, 1.54) is 0 Å². The molecule has 1 saturated heterocycles. The zero-order valence-electron chi connectivity index (χ0n) is 11.0. The molecule has 17 heavy (non-hydrogen) atoms. The molecule has 98 valence electrons. The van der Waals surface area contributed by atoms with Crippen molar-refractivity contribution in [2.75, 3.05) is 13.1 Å². The normalized spacial score (nSPS) is 33.4. The van der Waals surface area contributed by atoms with Gasteiger partial charge in [0.2, 0.25) is 0 Å². The van der Waals surface area contributed by atoms with Crippen LogP contribution in [0.4, 0.5) is 4.79 Å². The van der Waals surface area contributed by atoms with Gasteiger partial charge in [-0.2, -0.15) is 0 Å². The molecule has 0 aromatic rings. The van der Waals surface area contributed by atoms with E-state index in [-0.39, 0.29) is 18.1 Å². The highest BCUT2D eigenvalue weighted by Gasteiger charge is 2.42. The second kappa shape index (κ2) is 4.48. The molecule has 1 aliphatic carbocycles. The fourth-order valence-corrected chi connectivity index (χ4v) is 2.92. The van der Waals surface area contributed by atoms with Crippen LogP contribution in [0.1, 0.15) is 40.0 Å². The molecule has 4 heteroatoms. The van der Waals surface area contributed by atoms with Crippen molar-refractivity contribution in [3.8, 4) is 0 Å². The first-order valence-electron chi connectivity index (χ1n) is 6.53. The summed E-state index contributed by atoms with van der Waals surface area (Å²) in [5, 5.41) is 9.93. The summed E-state index contributed by atoms with van der Waals surface area (Å²) in [6.07, 6.45) is 2.61. The highest BCUT2D eigenvalue weighted by Crippen LogP contribution is 2.36. The Balaban J connectivity index is 1.95. The Morgan fingerprint density at radius 2 is 2.00 bits per heavy atom. The lowest BCUT2D eigenvalue weighted by atomic mass is 9.80. The Labute approximate surface area is 103 Å². The molecule has 3 atom stereocenters. The Hall–Kier alpha value is -0.770. The van der Waals surface area contributed by atoms with Gasteiger partial charge in [0.05, 0.1) is 6.10 Å². The molecule has 1 heterocycles. The molecule has 0 radical (unpaired) electrons. The van der Waals surface area contributed by atoms with Crippen LogP contribution in [0.3, 0.4) is 0 Å². The molecule has 1 amide bonds. The summed E-state index contributed by atoms with van der Waals surface area (Å²) >= 11 is 0. The number of likely N-dealkylation sites (tertiary alicyclic amines) is 1. The zero-order valence-corrected chi connectivity index (χ0v) is 11.0. The van der Waals surface area contributed by atoms with E-state index in [9.17, 15) is 9.90 Å². The number of nitrogens with zero attached hydrogens (tertiary/aromatic N) is 1. The number of carbonyl (C=O) groups is 1. The third-order valence-electron chi connectivity index (χ3n) is 3.71. The third kappa shape index (κ3) is 2.92. The smallest absolute Gasteiger partial charge is 0.410 e. The second-order valence-electron chi connectivity index (χ2n) is 6.31. The highest BCUT2D eigenvalue weighted by atomic mass is 16.6. The first-order valence-corrected chi connectivity index (χ1v) is 6.53. The van der Waals surface area contributed by atoms with Gasteiger partial charge in [0, 0.05) is 19.0 Å². The van der Waals surface area contributed by atoms with E-state index in [0.717, 1.165) is 25.8 Å². The molecular weight excluding hydrogens is 218 g/mol. The topological polar surface area (TPSA) is 49.8 Å². The van der Waals surface area contributed by atoms with Crippen LogP contribution in [0, 0.1) is 11.8 Å². The standard InChI is InChI=1S/C13H23NO3/c1-13(2,3)17-12(16)14-7-9-5-4-6-11(15)10(9)8-14/h9-11,15H,4-8H2,1-3H3/t9-,10?,11-/m1/s1. The summed E-state index contributed by atoms with van der Waals surface area (Å²) in [5.74, 6) is 0.725. The number of rotatable bonds is 0. The average molecular weight is 241 g/mol. The molecule has 0 aromatic carbocycles. The van der Waals surface area contributed by atoms with Crippen molar-refractivity contribution in [2.24, 2.45) is 11.8 Å². The van der Waals surface area contributed by atoms with Crippen LogP contribution in [0.2, 0.25) is 0 Å². The minimum absolute atomic E-state index is 0.235. The number of fused-ring (bicyclic) bond motifs is 1. The molecule has 2 aliphatic rings. The van der Waals surface area contributed by atoms with Crippen molar-refractivity contribution in [3.05, 3.63) is 0 Å². The molecule has 1 saturated carbocycles. The highest BCUT2D eigenvalue weighted by molar-refractivity contribution is 5.68. The van der Waals surface area contributed by atoms with Crippen LogP contribution in [0.25, 0.3) is 0 Å². The van der Waals surface area contributed by atoms with Crippen LogP contribution in [-0.4, -0.2) is 40.9 Å². The summed E-state index contributed by atoms with van der Waals surface area (Å²) in [6, 6.07) is 0. The number of amides is 1. The van der Waals surface area contributed by atoms with Gasteiger partial charge < -0.3 is 14.7 Å². The van der Waals surface area contributed by atoms with Crippen LogP contribution in [0.15, 0.2) is 0 Å². The van der Waals surface area contributed by atoms with Gasteiger partial charge in [0.25, 0.3) is 0 Å². The van der Waals surface area contributed by atoms with Crippen LogP contribution >= 0.6 is 0 Å². The fraction of sp³-hybridized carbons (Fsp3) is 0.923. The molecule has 4 nitrogen and oxygen atoms in total. The van der Waals surface area contributed by atoms with Gasteiger partial charge in [-0.05, 0) is 39.5 Å². The predicted octanol–water partition coefficient (Wildman–Crippen LogP) is 2.01. The SMILES string of the molecule is CC(C)(C)OC(=O)N1CC2[C@H](CCC[C@H]2O)C1. The summed E-state index contributed by atoms with van der Waals surface area (Å²) < 4.78 is 5.37. The molecule has 0 spiro atoms. The Morgan fingerprint density at radius 3 is 2.59 bits per heavy atom. The monoisotopic (exact) mass is 241 g/mol. The van der Waals surface area contributed by atoms with E-state index >= 15 is 0 Å². The zero-order chi connectivity index (χ0) is 12.6. The van der Waals surface area contributed by atoms with Crippen molar-refractivity contribution in [2.45, 2.75) is 51.7 Å². The van der Waals surface area contributed by atoms with E-state index in [1.807, 2.05) is 20.8 Å². The molecule has 1 aliphatic heterocycles. The summed E-state index contributed by atoms with van der Waals surface area (Å²) in [7, 11) is 0. The molecular formula is C13H23NO3. The molecule has 2 rings (SSSR count). The van der Waals surface area contributed by atoms with Crippen molar-refractivity contribution >= 4 is 6.09 Å². The summed E-state index contributed by atoms with van der Waals surface area (Å²) in [5.41, 5.74) is -0.441. The Morgan fingerprint density at radius 1 is 1.29 bits per heavy atom. The van der Waals surface area contributed by atoms with Gasteiger partial charge in [-0.1, -0.05) is 6.42 Å². The van der Waals surface area contributed by atoms with E-state index in [4.69, 9.17) is 4.74 Å². The maximum atomic E-state index is 11.9. The Kier molecular flexibility index (Phi) is 3.34. The van der Waals surface area contributed by atoms with Crippen molar-refractivity contribution in [3.63, 3.8) is 0 Å². The first-order chi connectivity index (χ1) is 7.87. The van der Waals surface area contributed by atoms with Gasteiger partial charge in [-0.3, -0.25) is 0 Å². The molecule has 0 bridgehead atoms. The number of aliphatic hydroxyl groups is 1. The molecule has 1 unspecified atom stereocenters. The van der Waals surface area contributed by atoms with Gasteiger partial charge in [0.15, 0.2) is 0 Å². The van der Waals surface area contributed by atoms with Gasteiger partial charge in [0.1, 0.15) is 5.60 Å². The van der Waals surface area contributed by atoms with Gasteiger partial charge >= 0.3 is 6.09 Å². The van der Waals surface area contributed by atoms with Crippen LogP contribution < -0.4 is 0 Å². The lowest BCUT2D eigenvalue weighted by Gasteiger charge is -2.28. The van der Waals surface area contributed by atoms with Crippen LogP contribution in [-0.2, 0) is 4.74 Å². The Bertz CT molecular complexity index is 298. The summed E-state index contributed by atoms with van der Waals surface area (Å²) in [4.78, 5) is 13.7. The van der Waals surface area contributed by atoms with E-state index < -0.39 is 5.60 Å². The maximum absolute atomic E-state index is 11.9. The van der Waals surface area contributed by atoms with Crippen molar-refractivity contribution in [1.82, 2.24) is 4.90 Å². The van der Waals surface area contributed by atoms with E-state index in [0.29, 0.717) is 12.5 Å². The average Bonchev–Trinajstić information content (AvgIpc) is 2.60. The molecule has 0 aromatic heterocycles. The number of aliphatic hydroxyl groups excluding tert-OH is 1. The fourth-order valence-electron chi connectivity index (χ4n) is 2.92. The summed E-state index contributed by atoms with van der Waals surface area (Å²) in [6.45, 7) is 7.03. The lowest BCUT2D eigenvalue weighted by molar-refractivity contribution is 0.0263. The quantitative estimate of drug-likeness (QED) is 0.706. The van der Waals surface area contributed by atoms with Crippen molar-refractivity contribution in [1.29, 1.82) is 0 Å². The van der Waals surface area contributed by atoms with E-state index in [1.54, 1.807) is 4.90 Å². The minimum atomic E-state index is -0.441. The second-order valence-corrected chi connectivity index (χ2v) is 6.31. The number of hydrogen-bond acceptors (Lipinski definition) is 3.